The van der Waals surface area contributed by atoms with E-state index >= 15 is 0 Å². The lowest BCUT2D eigenvalue weighted by Gasteiger charge is -2.32. The number of piperazine rings is 1. The molecule has 0 aliphatic carbocycles. The first kappa shape index (κ1) is 28.3. The van der Waals surface area contributed by atoms with Crippen LogP contribution in [-0.2, 0) is 0 Å². The van der Waals surface area contributed by atoms with Gasteiger partial charge in [-0.05, 0) is 73.3 Å². The number of carbonyl (C=O) groups is 2. The van der Waals surface area contributed by atoms with Crippen LogP contribution in [-0.4, -0.2) is 74.0 Å². The molecule has 210 valence electrons. The summed E-state index contributed by atoms with van der Waals surface area (Å²) in [7, 11) is 5.21. The summed E-state index contributed by atoms with van der Waals surface area (Å²) in [5, 5.41) is 3.68. The van der Waals surface area contributed by atoms with E-state index in [1.165, 1.54) is 7.11 Å². The van der Waals surface area contributed by atoms with Gasteiger partial charge in [-0.15, -0.1) is 0 Å². The largest absolute Gasteiger partial charge is 0.497 e. The topological polar surface area (TPSA) is 84.0 Å². The molecule has 41 heavy (non-hydrogen) atoms. The first-order valence-electron chi connectivity index (χ1n) is 13.2. The highest BCUT2D eigenvalue weighted by Gasteiger charge is 2.22. The number of rotatable bonds is 7. The van der Waals surface area contributed by atoms with Gasteiger partial charge in [-0.3, -0.25) is 9.59 Å². The van der Waals surface area contributed by atoms with Crippen LogP contribution in [0.4, 0.5) is 5.69 Å². The number of nitrogens with one attached hydrogen (secondary N) is 1. The monoisotopic (exact) mass is 614 g/mol. The minimum atomic E-state index is -0.336. The number of anilines is 1. The summed E-state index contributed by atoms with van der Waals surface area (Å²) in [5.74, 6) is 0.838. The van der Waals surface area contributed by atoms with Crippen molar-refractivity contribution in [3.05, 3.63) is 93.6 Å². The van der Waals surface area contributed by atoms with Crippen molar-refractivity contribution < 1.29 is 19.1 Å². The standard InChI is InChI=1S/C32H31BrN4O4/c1-36-14-16-37(17-15-36)32(39)22-7-13-30(41-3)29(18-22)35-31(38)27-20-24(34-28-12-8-23(33)19-26(27)28)9-4-21-5-10-25(40-2)11-6-21/h4-13,18-20H,14-17H2,1-3H3,(H,35,38)/b9-4+. The molecule has 1 aromatic heterocycles. The van der Waals surface area contributed by atoms with E-state index in [0.29, 0.717) is 52.3 Å². The molecule has 0 radical (unpaired) electrons. The second-order valence-electron chi connectivity index (χ2n) is 9.83. The Morgan fingerprint density at radius 2 is 1.66 bits per heavy atom. The molecule has 1 aliphatic heterocycles. The van der Waals surface area contributed by atoms with Gasteiger partial charge in [-0.25, -0.2) is 4.98 Å². The van der Waals surface area contributed by atoms with E-state index in [4.69, 9.17) is 14.5 Å². The van der Waals surface area contributed by atoms with Crippen molar-refractivity contribution >= 4 is 56.5 Å². The number of nitrogens with zero attached hydrogens (tertiary/aromatic N) is 3. The first-order chi connectivity index (χ1) is 19.8. The number of hydrogen-bond acceptors (Lipinski definition) is 6. The summed E-state index contributed by atoms with van der Waals surface area (Å²) in [6.07, 6.45) is 3.81. The van der Waals surface area contributed by atoms with E-state index < -0.39 is 0 Å². The van der Waals surface area contributed by atoms with Crippen molar-refractivity contribution in [1.82, 2.24) is 14.8 Å². The molecule has 9 heteroatoms. The molecule has 1 fully saturated rings. The number of hydrogen-bond donors (Lipinski definition) is 1. The summed E-state index contributed by atoms with van der Waals surface area (Å²) >= 11 is 3.51. The minimum absolute atomic E-state index is 0.0690. The number of carbonyl (C=O) groups excluding carboxylic acids is 2. The second kappa shape index (κ2) is 12.5. The van der Waals surface area contributed by atoms with Crippen LogP contribution < -0.4 is 14.8 Å². The van der Waals surface area contributed by atoms with Gasteiger partial charge in [-0.2, -0.15) is 0 Å². The SMILES string of the molecule is COc1ccc(/C=C/c2cc(C(=O)Nc3cc(C(=O)N4CCN(C)CC4)ccc3OC)c3cc(Br)ccc3n2)cc1. The molecule has 5 rings (SSSR count). The average molecular weight is 616 g/mol. The number of fused-ring (bicyclic) bond motifs is 1. The number of halogens is 1. The van der Waals surface area contributed by atoms with Crippen LogP contribution in [0.15, 0.2) is 71.2 Å². The number of likely N-dealkylation sites (N-methyl/N-ethyl adjacent to an activating group) is 1. The summed E-state index contributed by atoms with van der Waals surface area (Å²) in [4.78, 5) is 35.8. The third-order valence-electron chi connectivity index (χ3n) is 7.08. The average Bonchev–Trinajstić information content (AvgIpc) is 3.00. The number of amides is 2. The zero-order valence-electron chi connectivity index (χ0n) is 23.2. The van der Waals surface area contributed by atoms with E-state index in [1.54, 1.807) is 31.4 Å². The van der Waals surface area contributed by atoms with Crippen LogP contribution in [0, 0.1) is 0 Å². The van der Waals surface area contributed by atoms with Crippen LogP contribution in [0.3, 0.4) is 0 Å². The van der Waals surface area contributed by atoms with Crippen molar-refractivity contribution in [3.8, 4) is 11.5 Å². The van der Waals surface area contributed by atoms with Crippen LogP contribution in [0.2, 0.25) is 0 Å². The van der Waals surface area contributed by atoms with Crippen LogP contribution in [0.1, 0.15) is 32.0 Å². The Morgan fingerprint density at radius 3 is 2.37 bits per heavy atom. The van der Waals surface area contributed by atoms with E-state index in [1.807, 2.05) is 66.6 Å². The highest BCUT2D eigenvalue weighted by molar-refractivity contribution is 9.10. The Morgan fingerprint density at radius 1 is 0.902 bits per heavy atom. The lowest BCUT2D eigenvalue weighted by atomic mass is 10.1. The van der Waals surface area contributed by atoms with E-state index in [0.717, 1.165) is 28.9 Å². The van der Waals surface area contributed by atoms with E-state index in [2.05, 4.69) is 26.1 Å². The predicted octanol–water partition coefficient (Wildman–Crippen LogP) is 5.82. The van der Waals surface area contributed by atoms with Crippen molar-refractivity contribution in [2.45, 2.75) is 0 Å². The normalized spacial score (nSPS) is 13.9. The van der Waals surface area contributed by atoms with Gasteiger partial charge >= 0.3 is 0 Å². The Balaban J connectivity index is 1.46. The van der Waals surface area contributed by atoms with Gasteiger partial charge in [0.2, 0.25) is 0 Å². The number of pyridine rings is 1. The molecule has 2 heterocycles. The molecule has 1 N–H and O–H groups in total. The number of benzene rings is 3. The fourth-order valence-corrected chi connectivity index (χ4v) is 5.07. The quantitative estimate of drug-likeness (QED) is 0.282. The summed E-state index contributed by atoms with van der Waals surface area (Å²) in [6, 6.07) is 20.2. The molecule has 3 aromatic carbocycles. The predicted molar refractivity (Wildman–Crippen MR) is 166 cm³/mol. The molecule has 2 amide bonds. The minimum Gasteiger partial charge on any atom is -0.497 e. The summed E-state index contributed by atoms with van der Waals surface area (Å²) in [5.41, 5.74) is 3.65. The molecule has 1 aliphatic rings. The van der Waals surface area contributed by atoms with E-state index in [-0.39, 0.29) is 11.8 Å². The van der Waals surface area contributed by atoms with Crippen molar-refractivity contribution in [2.24, 2.45) is 0 Å². The summed E-state index contributed by atoms with van der Waals surface area (Å²) in [6.45, 7) is 2.97. The van der Waals surface area contributed by atoms with Gasteiger partial charge in [0.15, 0.2) is 0 Å². The fourth-order valence-electron chi connectivity index (χ4n) is 4.71. The van der Waals surface area contributed by atoms with Gasteiger partial charge in [0.05, 0.1) is 36.7 Å². The lowest BCUT2D eigenvalue weighted by molar-refractivity contribution is 0.0664. The maximum atomic E-state index is 13.8. The zero-order valence-corrected chi connectivity index (χ0v) is 24.8. The maximum absolute atomic E-state index is 13.8. The maximum Gasteiger partial charge on any atom is 0.256 e. The molecular formula is C32H31BrN4O4. The second-order valence-corrected chi connectivity index (χ2v) is 10.7. The molecule has 0 spiro atoms. The molecule has 8 nitrogen and oxygen atoms in total. The Labute approximate surface area is 247 Å². The zero-order chi connectivity index (χ0) is 28.9. The van der Waals surface area contributed by atoms with Crippen LogP contribution in [0.25, 0.3) is 23.1 Å². The molecule has 0 atom stereocenters. The molecule has 0 unspecified atom stereocenters. The first-order valence-corrected chi connectivity index (χ1v) is 14.0. The third kappa shape index (κ3) is 6.58. The smallest absolute Gasteiger partial charge is 0.256 e. The Bertz CT molecular complexity index is 1610. The van der Waals surface area contributed by atoms with E-state index in [9.17, 15) is 9.59 Å². The van der Waals surface area contributed by atoms with Gasteiger partial charge in [0, 0.05) is 41.6 Å². The number of ether oxygens (including phenoxy) is 2. The van der Waals surface area contributed by atoms with Gasteiger partial charge in [-0.1, -0.05) is 34.1 Å². The Kier molecular flexibility index (Phi) is 8.66. The molecule has 4 aromatic rings. The third-order valence-corrected chi connectivity index (χ3v) is 7.58. The van der Waals surface area contributed by atoms with Gasteiger partial charge in [0.1, 0.15) is 11.5 Å². The lowest BCUT2D eigenvalue weighted by Crippen LogP contribution is -2.47. The van der Waals surface area contributed by atoms with Crippen LogP contribution >= 0.6 is 15.9 Å². The van der Waals surface area contributed by atoms with Gasteiger partial charge in [0.25, 0.3) is 11.8 Å². The molecular weight excluding hydrogens is 584 g/mol. The van der Waals surface area contributed by atoms with Crippen molar-refractivity contribution in [3.63, 3.8) is 0 Å². The molecule has 0 saturated carbocycles. The highest BCUT2D eigenvalue weighted by atomic mass is 79.9. The number of methoxy groups -OCH3 is 2. The van der Waals surface area contributed by atoms with Crippen LogP contribution in [0.5, 0.6) is 11.5 Å². The summed E-state index contributed by atoms with van der Waals surface area (Å²) < 4.78 is 11.6. The number of aromatic nitrogens is 1. The van der Waals surface area contributed by atoms with Crippen molar-refractivity contribution in [2.75, 3.05) is 52.8 Å². The molecule has 0 bridgehead atoms. The molecule has 1 saturated heterocycles. The highest BCUT2D eigenvalue weighted by Crippen LogP contribution is 2.29. The Hall–Kier alpha value is -4.21. The van der Waals surface area contributed by atoms with Gasteiger partial charge < -0.3 is 24.6 Å². The van der Waals surface area contributed by atoms with Crippen molar-refractivity contribution in [1.29, 1.82) is 0 Å². The fraction of sp³-hybridized carbons (Fsp3) is 0.219.